The lowest BCUT2D eigenvalue weighted by Gasteiger charge is -2.46. The van der Waals surface area contributed by atoms with Gasteiger partial charge in [0.2, 0.25) is 5.91 Å². The number of benzene rings is 1. The van der Waals surface area contributed by atoms with Crippen molar-refractivity contribution in [1.82, 2.24) is 4.90 Å². The number of hydrogen-bond donors (Lipinski definition) is 1. The standard InChI is InChI=1S/C22H27F3N2O4/c1-20(9-14-2-3-17(22(23,24)25)8-18(14)31-20)16-4-6-27(7-5-16)19(29)15-10-21(26,11-15)12-30-13-28/h2-3,8,13,15-16H,4-7,9-12,26H2,1H3. The second kappa shape index (κ2) is 7.69. The Labute approximate surface area is 178 Å². The molecule has 3 aliphatic rings. The van der Waals surface area contributed by atoms with Crippen LogP contribution < -0.4 is 10.5 Å². The summed E-state index contributed by atoms with van der Waals surface area (Å²) in [5, 5.41) is 0. The minimum absolute atomic E-state index is 0.0706. The molecule has 1 aliphatic carbocycles. The van der Waals surface area contributed by atoms with Crippen LogP contribution >= 0.6 is 0 Å². The van der Waals surface area contributed by atoms with Crippen molar-refractivity contribution in [3.8, 4) is 5.75 Å². The minimum atomic E-state index is -4.40. The van der Waals surface area contributed by atoms with Gasteiger partial charge in [-0.1, -0.05) is 6.07 Å². The number of piperidine rings is 1. The van der Waals surface area contributed by atoms with E-state index < -0.39 is 22.9 Å². The summed E-state index contributed by atoms with van der Waals surface area (Å²) in [4.78, 5) is 25.0. The fraction of sp³-hybridized carbons (Fsp3) is 0.636. The number of hydrogen-bond acceptors (Lipinski definition) is 5. The Morgan fingerprint density at radius 1 is 1.32 bits per heavy atom. The van der Waals surface area contributed by atoms with Crippen LogP contribution in [0.15, 0.2) is 18.2 Å². The molecule has 2 aliphatic heterocycles. The highest BCUT2D eigenvalue weighted by Gasteiger charge is 2.48. The molecular weight excluding hydrogens is 413 g/mol. The lowest BCUT2D eigenvalue weighted by atomic mass is 9.68. The number of nitrogens with zero attached hydrogens (tertiary/aromatic N) is 1. The van der Waals surface area contributed by atoms with Crippen LogP contribution in [-0.2, 0) is 26.9 Å². The summed E-state index contributed by atoms with van der Waals surface area (Å²) in [5.41, 5.74) is 5.00. The summed E-state index contributed by atoms with van der Waals surface area (Å²) < 4.78 is 49.8. The third-order valence-corrected chi connectivity index (χ3v) is 7.04. The van der Waals surface area contributed by atoms with E-state index in [-0.39, 0.29) is 24.3 Å². The van der Waals surface area contributed by atoms with Crippen molar-refractivity contribution in [2.75, 3.05) is 19.7 Å². The maximum absolute atomic E-state index is 13.0. The molecule has 0 aromatic heterocycles. The predicted octanol–water partition coefficient (Wildman–Crippen LogP) is 2.92. The first-order valence-corrected chi connectivity index (χ1v) is 10.6. The SMILES string of the molecule is CC1(C2CCN(C(=O)C3CC(N)(COC=O)C3)CC2)Cc2ccc(C(F)(F)F)cc2O1. The van der Waals surface area contributed by atoms with Gasteiger partial charge in [-0.05, 0) is 50.3 Å². The van der Waals surface area contributed by atoms with E-state index >= 15 is 0 Å². The van der Waals surface area contributed by atoms with Gasteiger partial charge in [0, 0.05) is 31.3 Å². The van der Waals surface area contributed by atoms with Crippen molar-refractivity contribution in [2.24, 2.45) is 17.6 Å². The number of nitrogens with two attached hydrogens (primary N) is 1. The van der Waals surface area contributed by atoms with E-state index in [0.29, 0.717) is 44.6 Å². The number of amides is 1. The zero-order valence-electron chi connectivity index (χ0n) is 17.4. The number of carbonyl (C=O) groups is 2. The highest BCUT2D eigenvalue weighted by atomic mass is 19.4. The molecule has 1 amide bonds. The Hall–Kier alpha value is -2.29. The molecule has 1 atom stereocenters. The molecule has 6 nitrogen and oxygen atoms in total. The number of alkyl halides is 3. The molecule has 0 bridgehead atoms. The van der Waals surface area contributed by atoms with Gasteiger partial charge in [0.05, 0.1) is 11.1 Å². The molecule has 1 saturated carbocycles. The van der Waals surface area contributed by atoms with Gasteiger partial charge in [0.25, 0.3) is 6.47 Å². The molecule has 2 fully saturated rings. The maximum atomic E-state index is 13.0. The number of fused-ring (bicyclic) bond motifs is 1. The second-order valence-electron chi connectivity index (χ2n) is 9.39. The highest BCUT2D eigenvalue weighted by Crippen LogP contribution is 2.45. The third-order valence-electron chi connectivity index (χ3n) is 7.04. The molecule has 170 valence electrons. The molecule has 1 unspecified atom stereocenters. The fourth-order valence-electron chi connectivity index (χ4n) is 5.25. The van der Waals surface area contributed by atoms with Crippen LogP contribution in [0.5, 0.6) is 5.75 Å². The van der Waals surface area contributed by atoms with Gasteiger partial charge in [0.15, 0.2) is 0 Å². The Kier molecular flexibility index (Phi) is 5.44. The zero-order chi connectivity index (χ0) is 22.4. The van der Waals surface area contributed by atoms with Gasteiger partial charge in [-0.3, -0.25) is 9.59 Å². The van der Waals surface area contributed by atoms with Crippen molar-refractivity contribution in [2.45, 2.75) is 56.3 Å². The van der Waals surface area contributed by atoms with Crippen LogP contribution in [0.1, 0.15) is 43.7 Å². The average Bonchev–Trinajstić information content (AvgIpc) is 3.05. The van der Waals surface area contributed by atoms with Crippen LogP contribution in [-0.4, -0.2) is 48.1 Å². The lowest BCUT2D eigenvalue weighted by Crippen LogP contribution is -2.60. The number of ether oxygens (including phenoxy) is 2. The van der Waals surface area contributed by atoms with Gasteiger partial charge >= 0.3 is 6.18 Å². The van der Waals surface area contributed by atoms with E-state index in [1.807, 2.05) is 11.8 Å². The van der Waals surface area contributed by atoms with Crippen molar-refractivity contribution >= 4 is 12.4 Å². The highest BCUT2D eigenvalue weighted by molar-refractivity contribution is 5.80. The number of carbonyl (C=O) groups excluding carboxylic acids is 2. The maximum Gasteiger partial charge on any atom is 0.416 e. The summed E-state index contributed by atoms with van der Waals surface area (Å²) in [6.45, 7) is 3.61. The fourth-order valence-corrected chi connectivity index (χ4v) is 5.25. The van der Waals surface area contributed by atoms with Crippen LogP contribution in [0, 0.1) is 11.8 Å². The molecule has 2 heterocycles. The van der Waals surface area contributed by atoms with E-state index in [2.05, 4.69) is 0 Å². The molecule has 31 heavy (non-hydrogen) atoms. The molecule has 2 N–H and O–H groups in total. The third kappa shape index (κ3) is 4.24. The van der Waals surface area contributed by atoms with Crippen molar-refractivity contribution in [1.29, 1.82) is 0 Å². The van der Waals surface area contributed by atoms with Gasteiger partial charge in [-0.2, -0.15) is 13.2 Å². The van der Waals surface area contributed by atoms with Crippen molar-refractivity contribution in [3.63, 3.8) is 0 Å². The molecule has 9 heteroatoms. The molecule has 1 saturated heterocycles. The van der Waals surface area contributed by atoms with Crippen LogP contribution in [0.4, 0.5) is 13.2 Å². The molecule has 4 rings (SSSR count). The van der Waals surface area contributed by atoms with Crippen LogP contribution in [0.2, 0.25) is 0 Å². The van der Waals surface area contributed by atoms with Crippen LogP contribution in [0.25, 0.3) is 0 Å². The zero-order valence-corrected chi connectivity index (χ0v) is 17.4. The first-order valence-electron chi connectivity index (χ1n) is 10.6. The summed E-state index contributed by atoms with van der Waals surface area (Å²) in [6.07, 6.45) is -1.37. The predicted molar refractivity (Wildman–Crippen MR) is 105 cm³/mol. The van der Waals surface area contributed by atoms with E-state index in [0.717, 1.165) is 30.5 Å². The summed E-state index contributed by atoms with van der Waals surface area (Å²) in [7, 11) is 0. The van der Waals surface area contributed by atoms with E-state index in [1.54, 1.807) is 0 Å². The minimum Gasteiger partial charge on any atom is -0.487 e. The van der Waals surface area contributed by atoms with Crippen LogP contribution in [0.3, 0.4) is 0 Å². The monoisotopic (exact) mass is 440 g/mol. The van der Waals surface area contributed by atoms with Gasteiger partial charge in [-0.25, -0.2) is 0 Å². The van der Waals surface area contributed by atoms with Gasteiger partial charge in [-0.15, -0.1) is 0 Å². The molecule has 1 aromatic carbocycles. The normalized spacial score (nSPS) is 30.9. The molecule has 0 radical (unpaired) electrons. The number of likely N-dealkylation sites (tertiary alicyclic amines) is 1. The van der Waals surface area contributed by atoms with E-state index in [9.17, 15) is 22.8 Å². The smallest absolute Gasteiger partial charge is 0.416 e. The quantitative estimate of drug-likeness (QED) is 0.712. The Bertz CT molecular complexity index is 861. The Balaban J connectivity index is 1.32. The summed E-state index contributed by atoms with van der Waals surface area (Å²) >= 11 is 0. The Morgan fingerprint density at radius 3 is 2.61 bits per heavy atom. The first-order chi connectivity index (χ1) is 14.5. The van der Waals surface area contributed by atoms with Crippen molar-refractivity contribution < 1.29 is 32.2 Å². The van der Waals surface area contributed by atoms with Gasteiger partial charge in [0.1, 0.15) is 18.0 Å². The first kappa shape index (κ1) is 21.9. The molecule has 0 spiro atoms. The van der Waals surface area contributed by atoms with Gasteiger partial charge < -0.3 is 20.1 Å². The number of halogens is 3. The largest absolute Gasteiger partial charge is 0.487 e. The molecular formula is C22H27F3N2O4. The van der Waals surface area contributed by atoms with E-state index in [4.69, 9.17) is 15.2 Å². The lowest BCUT2D eigenvalue weighted by molar-refractivity contribution is -0.145. The summed E-state index contributed by atoms with van der Waals surface area (Å²) in [6, 6.07) is 3.70. The Morgan fingerprint density at radius 2 is 2.00 bits per heavy atom. The molecule has 1 aromatic rings. The topological polar surface area (TPSA) is 81.9 Å². The van der Waals surface area contributed by atoms with Crippen molar-refractivity contribution in [3.05, 3.63) is 29.3 Å². The van der Waals surface area contributed by atoms with E-state index in [1.165, 1.54) is 6.07 Å². The summed E-state index contributed by atoms with van der Waals surface area (Å²) in [5.74, 6) is 0.373. The number of rotatable bonds is 5. The second-order valence-corrected chi connectivity index (χ2v) is 9.39. The average molecular weight is 440 g/mol.